The number of hydrogen-bond donors (Lipinski definition) is 1. The van der Waals surface area contributed by atoms with Crippen molar-refractivity contribution in [2.75, 3.05) is 31.1 Å². The number of likely N-dealkylation sites (N-methyl/N-ethyl adjacent to an activating group) is 1. The van der Waals surface area contributed by atoms with E-state index in [1.165, 1.54) is 5.69 Å². The number of hydrogen-bond acceptors (Lipinski definition) is 3. The summed E-state index contributed by atoms with van der Waals surface area (Å²) in [6, 6.07) is 6.70. The van der Waals surface area contributed by atoms with Crippen LogP contribution in [0.2, 0.25) is 0 Å². The molecule has 5 heteroatoms. The van der Waals surface area contributed by atoms with Crippen LogP contribution in [0.3, 0.4) is 0 Å². The van der Waals surface area contributed by atoms with E-state index in [0.717, 1.165) is 36.2 Å². The van der Waals surface area contributed by atoms with Crippen molar-refractivity contribution in [3.8, 4) is 0 Å². The van der Waals surface area contributed by atoms with Gasteiger partial charge in [-0.25, -0.2) is 0 Å². The highest BCUT2D eigenvalue weighted by Gasteiger charge is 2.23. The van der Waals surface area contributed by atoms with Crippen LogP contribution >= 0.6 is 28.1 Å². The molecule has 0 aromatic heterocycles. The molecule has 0 amide bonds. The Morgan fingerprint density at radius 3 is 2.74 bits per heavy atom. The minimum atomic E-state index is 0.441. The highest BCUT2D eigenvalue weighted by Crippen LogP contribution is 2.29. The van der Waals surface area contributed by atoms with Crippen molar-refractivity contribution in [2.45, 2.75) is 19.9 Å². The molecule has 1 fully saturated rings. The summed E-state index contributed by atoms with van der Waals surface area (Å²) >= 11 is 8.64. The first-order chi connectivity index (χ1) is 9.02. The molecule has 1 aliphatic rings. The predicted octanol–water partition coefficient (Wildman–Crippen LogP) is 2.61. The molecule has 0 bridgehead atoms. The number of halogens is 1. The highest BCUT2D eigenvalue weighted by molar-refractivity contribution is 9.10. The molecule has 1 aromatic carbocycles. The minimum absolute atomic E-state index is 0.441. The molecule has 1 heterocycles. The first-order valence-electron chi connectivity index (χ1n) is 6.61. The summed E-state index contributed by atoms with van der Waals surface area (Å²) in [5.74, 6) is 0. The van der Waals surface area contributed by atoms with Gasteiger partial charge < -0.3 is 10.6 Å². The third-order valence-electron chi connectivity index (χ3n) is 3.74. The Hall–Kier alpha value is -0.650. The molecule has 1 aliphatic heterocycles. The molecule has 2 rings (SSSR count). The van der Waals surface area contributed by atoms with Crippen LogP contribution < -0.4 is 10.6 Å². The van der Waals surface area contributed by atoms with E-state index in [1.54, 1.807) is 0 Å². The third-order valence-corrected chi connectivity index (χ3v) is 4.62. The monoisotopic (exact) mass is 341 g/mol. The fourth-order valence-corrected chi connectivity index (χ4v) is 3.36. The lowest BCUT2D eigenvalue weighted by atomic mass is 10.1. The van der Waals surface area contributed by atoms with Crippen LogP contribution in [0.5, 0.6) is 0 Å². The summed E-state index contributed by atoms with van der Waals surface area (Å²) in [6.45, 7) is 8.85. The van der Waals surface area contributed by atoms with Crippen LogP contribution in [0, 0.1) is 0 Å². The van der Waals surface area contributed by atoms with Gasteiger partial charge in [0.15, 0.2) is 0 Å². The topological polar surface area (TPSA) is 32.5 Å². The summed E-state index contributed by atoms with van der Waals surface area (Å²) in [5.41, 5.74) is 7.79. The Morgan fingerprint density at radius 2 is 2.21 bits per heavy atom. The minimum Gasteiger partial charge on any atom is -0.389 e. The maximum atomic E-state index is 5.66. The summed E-state index contributed by atoms with van der Waals surface area (Å²) in [4.78, 5) is 5.37. The van der Waals surface area contributed by atoms with E-state index in [4.69, 9.17) is 18.0 Å². The quantitative estimate of drug-likeness (QED) is 0.856. The van der Waals surface area contributed by atoms with Gasteiger partial charge in [-0.05, 0) is 47.6 Å². The van der Waals surface area contributed by atoms with E-state index in [1.807, 2.05) is 12.1 Å². The van der Waals surface area contributed by atoms with Crippen molar-refractivity contribution in [3.63, 3.8) is 0 Å². The zero-order chi connectivity index (χ0) is 14.0. The third kappa shape index (κ3) is 3.27. The Kier molecular flexibility index (Phi) is 4.81. The summed E-state index contributed by atoms with van der Waals surface area (Å²) in [7, 11) is 0. The normalized spacial score (nSPS) is 20.6. The maximum absolute atomic E-state index is 5.66. The highest BCUT2D eigenvalue weighted by atomic mass is 79.9. The Balaban J connectivity index is 2.17. The van der Waals surface area contributed by atoms with Crippen LogP contribution in [-0.2, 0) is 0 Å². The molecule has 0 saturated carbocycles. The molecule has 1 unspecified atom stereocenters. The number of anilines is 1. The van der Waals surface area contributed by atoms with Gasteiger partial charge in [-0.3, -0.25) is 4.90 Å². The summed E-state index contributed by atoms with van der Waals surface area (Å²) in [6.07, 6.45) is 0. The molecular weight excluding hydrogens is 322 g/mol. The lowest BCUT2D eigenvalue weighted by Crippen LogP contribution is -2.51. The van der Waals surface area contributed by atoms with Crippen LogP contribution in [0.15, 0.2) is 22.7 Å². The average Bonchev–Trinajstić information content (AvgIpc) is 2.38. The second-order valence-corrected chi connectivity index (χ2v) is 6.25. The largest absolute Gasteiger partial charge is 0.389 e. The van der Waals surface area contributed by atoms with Gasteiger partial charge in [0, 0.05) is 35.7 Å². The maximum Gasteiger partial charge on any atom is 0.104 e. The van der Waals surface area contributed by atoms with E-state index in [-0.39, 0.29) is 0 Å². The zero-order valence-electron chi connectivity index (χ0n) is 11.4. The second-order valence-electron chi connectivity index (χ2n) is 4.95. The predicted molar refractivity (Wildman–Crippen MR) is 89.0 cm³/mol. The van der Waals surface area contributed by atoms with E-state index >= 15 is 0 Å². The fraction of sp³-hybridized carbons (Fsp3) is 0.500. The van der Waals surface area contributed by atoms with Crippen LogP contribution in [0.25, 0.3) is 0 Å². The van der Waals surface area contributed by atoms with Crippen LogP contribution in [-0.4, -0.2) is 42.1 Å². The molecule has 104 valence electrons. The van der Waals surface area contributed by atoms with Crippen molar-refractivity contribution < 1.29 is 0 Å². The molecule has 1 atom stereocenters. The number of nitrogens with zero attached hydrogens (tertiary/aromatic N) is 2. The molecule has 0 spiro atoms. The SMILES string of the molecule is CCN1CCN(c2ccc(C(N)=S)cc2Br)CC1C. The van der Waals surface area contributed by atoms with Crippen molar-refractivity contribution in [1.29, 1.82) is 0 Å². The number of thiocarbonyl (C=S) groups is 1. The zero-order valence-corrected chi connectivity index (χ0v) is 13.8. The molecule has 3 nitrogen and oxygen atoms in total. The van der Waals surface area contributed by atoms with Crippen molar-refractivity contribution in [2.24, 2.45) is 5.73 Å². The van der Waals surface area contributed by atoms with Gasteiger partial charge in [0.25, 0.3) is 0 Å². The van der Waals surface area contributed by atoms with E-state index in [9.17, 15) is 0 Å². The first-order valence-corrected chi connectivity index (χ1v) is 7.81. The van der Waals surface area contributed by atoms with Crippen molar-refractivity contribution in [3.05, 3.63) is 28.2 Å². The van der Waals surface area contributed by atoms with Gasteiger partial charge in [-0.1, -0.05) is 19.1 Å². The van der Waals surface area contributed by atoms with Gasteiger partial charge in [-0.2, -0.15) is 0 Å². The Bertz CT molecular complexity index is 478. The van der Waals surface area contributed by atoms with Gasteiger partial charge in [0.1, 0.15) is 4.99 Å². The summed E-state index contributed by atoms with van der Waals surface area (Å²) in [5, 5.41) is 0. The molecule has 0 aliphatic carbocycles. The summed E-state index contributed by atoms with van der Waals surface area (Å²) < 4.78 is 1.06. The second kappa shape index (κ2) is 6.20. The number of piperazine rings is 1. The van der Waals surface area contributed by atoms with Crippen LogP contribution in [0.4, 0.5) is 5.69 Å². The molecule has 0 radical (unpaired) electrons. The average molecular weight is 342 g/mol. The molecule has 1 saturated heterocycles. The number of nitrogens with two attached hydrogens (primary N) is 1. The smallest absolute Gasteiger partial charge is 0.104 e. The van der Waals surface area contributed by atoms with E-state index < -0.39 is 0 Å². The van der Waals surface area contributed by atoms with Gasteiger partial charge in [0.2, 0.25) is 0 Å². The fourth-order valence-electron chi connectivity index (χ4n) is 2.60. The van der Waals surface area contributed by atoms with E-state index in [0.29, 0.717) is 11.0 Å². The molecular formula is C14H20BrN3S. The van der Waals surface area contributed by atoms with Crippen molar-refractivity contribution in [1.82, 2.24) is 4.90 Å². The lowest BCUT2D eigenvalue weighted by molar-refractivity contribution is 0.199. The first kappa shape index (κ1) is 14.8. The molecule has 1 aromatic rings. The van der Waals surface area contributed by atoms with Gasteiger partial charge >= 0.3 is 0 Å². The standard InChI is InChI=1S/C14H20BrN3S/c1-3-17-6-7-18(9-10(17)2)13-5-4-11(14(16)19)8-12(13)15/h4-5,8,10H,3,6-7,9H2,1-2H3,(H2,16,19). The van der Waals surface area contributed by atoms with Crippen molar-refractivity contribution >= 4 is 38.8 Å². The van der Waals surface area contributed by atoms with Gasteiger partial charge in [0.05, 0.1) is 5.69 Å². The Labute approximate surface area is 128 Å². The Morgan fingerprint density at radius 1 is 1.47 bits per heavy atom. The van der Waals surface area contributed by atoms with Crippen LogP contribution in [0.1, 0.15) is 19.4 Å². The number of rotatable bonds is 3. The number of benzene rings is 1. The van der Waals surface area contributed by atoms with E-state index in [2.05, 4.69) is 45.6 Å². The molecule has 2 N–H and O–H groups in total. The van der Waals surface area contributed by atoms with Gasteiger partial charge in [-0.15, -0.1) is 0 Å². The lowest BCUT2D eigenvalue weighted by Gasteiger charge is -2.40. The molecule has 19 heavy (non-hydrogen) atoms.